The van der Waals surface area contributed by atoms with Crippen LogP contribution < -0.4 is 5.56 Å². The van der Waals surface area contributed by atoms with E-state index in [1.165, 1.54) is 21.8 Å². The fraction of sp³-hybridized carbons (Fsp3) is 0.294. The molecule has 124 valence electrons. The molecule has 0 saturated heterocycles. The Hall–Kier alpha value is -2.96. The molecule has 3 rings (SSSR count). The summed E-state index contributed by atoms with van der Waals surface area (Å²) in [6.07, 6.45) is 3.02. The van der Waals surface area contributed by atoms with Crippen molar-refractivity contribution in [1.82, 2.24) is 19.3 Å². The molecule has 2 heterocycles. The Labute approximate surface area is 138 Å². The van der Waals surface area contributed by atoms with E-state index in [1.54, 1.807) is 7.05 Å². The molecule has 7 nitrogen and oxygen atoms in total. The van der Waals surface area contributed by atoms with Gasteiger partial charge in [-0.15, -0.1) is 0 Å². The maximum absolute atomic E-state index is 12.3. The zero-order valence-electron chi connectivity index (χ0n) is 13.6. The third-order valence-corrected chi connectivity index (χ3v) is 3.76. The van der Waals surface area contributed by atoms with Gasteiger partial charge in [-0.05, 0) is 12.5 Å². The molecule has 0 saturated carbocycles. The molecule has 0 aliphatic carbocycles. The van der Waals surface area contributed by atoms with Crippen LogP contribution in [0.1, 0.15) is 17.5 Å². The van der Waals surface area contributed by atoms with Gasteiger partial charge in [0, 0.05) is 13.6 Å². The predicted molar refractivity (Wildman–Crippen MR) is 88.4 cm³/mol. The topological polar surface area (TPSA) is 79.0 Å². The van der Waals surface area contributed by atoms with Crippen molar-refractivity contribution in [3.05, 3.63) is 58.3 Å². The lowest BCUT2D eigenvalue weighted by Crippen LogP contribution is -2.22. The van der Waals surface area contributed by atoms with Gasteiger partial charge in [0.1, 0.15) is 12.0 Å². The van der Waals surface area contributed by atoms with Gasteiger partial charge in [0.2, 0.25) is 0 Å². The summed E-state index contributed by atoms with van der Waals surface area (Å²) in [6.45, 7) is 2.44. The van der Waals surface area contributed by atoms with E-state index in [9.17, 15) is 9.59 Å². The normalized spacial score (nSPS) is 10.9. The standard InChI is InChI=1S/C17H18N4O3/c1-12-4-3-5-13(8-12)10-24-15(22)6-7-21-11-18-16-14(17(21)23)9-19-20(16)2/h3-5,8-9,11H,6-7,10H2,1-2H3. The highest BCUT2D eigenvalue weighted by Gasteiger charge is 2.10. The van der Waals surface area contributed by atoms with Crippen molar-refractivity contribution in [3.8, 4) is 0 Å². The van der Waals surface area contributed by atoms with Crippen molar-refractivity contribution in [2.45, 2.75) is 26.5 Å². The minimum absolute atomic E-state index is 0.110. The highest BCUT2D eigenvalue weighted by atomic mass is 16.5. The second-order valence-corrected chi connectivity index (χ2v) is 5.65. The van der Waals surface area contributed by atoms with Gasteiger partial charge in [0.15, 0.2) is 5.65 Å². The number of aromatic nitrogens is 4. The highest BCUT2D eigenvalue weighted by Crippen LogP contribution is 2.07. The SMILES string of the molecule is Cc1cccc(COC(=O)CCn2cnc3c(cnn3C)c2=O)c1. The van der Waals surface area contributed by atoms with Crippen molar-refractivity contribution in [1.29, 1.82) is 0 Å². The van der Waals surface area contributed by atoms with Crippen molar-refractivity contribution < 1.29 is 9.53 Å². The molecule has 0 aliphatic heterocycles. The first-order chi connectivity index (χ1) is 11.5. The molecule has 0 aliphatic rings. The van der Waals surface area contributed by atoms with E-state index in [2.05, 4.69) is 10.1 Å². The number of hydrogen-bond acceptors (Lipinski definition) is 5. The van der Waals surface area contributed by atoms with Gasteiger partial charge in [-0.1, -0.05) is 29.8 Å². The summed E-state index contributed by atoms with van der Waals surface area (Å²) < 4.78 is 8.18. The van der Waals surface area contributed by atoms with Gasteiger partial charge in [-0.3, -0.25) is 18.8 Å². The largest absolute Gasteiger partial charge is 0.461 e. The van der Waals surface area contributed by atoms with Crippen LogP contribution in [0, 0.1) is 6.92 Å². The maximum atomic E-state index is 12.3. The molecule has 3 aromatic rings. The fourth-order valence-electron chi connectivity index (χ4n) is 2.48. The predicted octanol–water partition coefficient (Wildman–Crippen LogP) is 1.57. The molecule has 0 radical (unpaired) electrons. The van der Waals surface area contributed by atoms with Crippen LogP contribution in [0.25, 0.3) is 11.0 Å². The monoisotopic (exact) mass is 326 g/mol. The van der Waals surface area contributed by atoms with E-state index in [0.29, 0.717) is 11.0 Å². The molecule has 7 heteroatoms. The van der Waals surface area contributed by atoms with Crippen LogP contribution in [0.5, 0.6) is 0 Å². The number of rotatable bonds is 5. The van der Waals surface area contributed by atoms with E-state index < -0.39 is 0 Å². The third-order valence-electron chi connectivity index (χ3n) is 3.76. The Balaban J connectivity index is 1.60. The van der Waals surface area contributed by atoms with Crippen molar-refractivity contribution in [3.63, 3.8) is 0 Å². The smallest absolute Gasteiger partial charge is 0.307 e. The first kappa shape index (κ1) is 15.9. The van der Waals surface area contributed by atoms with Crippen molar-refractivity contribution >= 4 is 17.0 Å². The van der Waals surface area contributed by atoms with E-state index in [0.717, 1.165) is 11.1 Å². The average molecular weight is 326 g/mol. The van der Waals surface area contributed by atoms with Crippen LogP contribution in [0.15, 0.2) is 41.6 Å². The second-order valence-electron chi connectivity index (χ2n) is 5.65. The number of nitrogens with zero attached hydrogens (tertiary/aromatic N) is 4. The molecule has 0 N–H and O–H groups in total. The van der Waals surface area contributed by atoms with E-state index in [4.69, 9.17) is 4.74 Å². The molecule has 0 amide bonds. The van der Waals surface area contributed by atoms with Crippen LogP contribution in [0.4, 0.5) is 0 Å². The molecule has 2 aromatic heterocycles. The van der Waals surface area contributed by atoms with E-state index in [-0.39, 0.29) is 31.1 Å². The van der Waals surface area contributed by atoms with Crippen molar-refractivity contribution in [2.24, 2.45) is 7.05 Å². The molecule has 0 atom stereocenters. The molecular weight excluding hydrogens is 308 g/mol. The lowest BCUT2D eigenvalue weighted by Gasteiger charge is -2.07. The van der Waals surface area contributed by atoms with E-state index >= 15 is 0 Å². The van der Waals surface area contributed by atoms with Crippen LogP contribution in [-0.2, 0) is 29.7 Å². The van der Waals surface area contributed by atoms with Crippen molar-refractivity contribution in [2.75, 3.05) is 0 Å². The molecule has 0 fully saturated rings. The zero-order valence-corrected chi connectivity index (χ0v) is 13.6. The Bertz CT molecular complexity index is 942. The van der Waals surface area contributed by atoms with Crippen LogP contribution in [0.2, 0.25) is 0 Å². The summed E-state index contributed by atoms with van der Waals surface area (Å²) in [6, 6.07) is 7.79. The molecular formula is C17H18N4O3. The van der Waals surface area contributed by atoms with E-state index in [1.807, 2.05) is 31.2 Å². The third kappa shape index (κ3) is 3.34. The number of hydrogen-bond donors (Lipinski definition) is 0. The van der Waals surface area contributed by atoms with Gasteiger partial charge >= 0.3 is 5.97 Å². The molecule has 24 heavy (non-hydrogen) atoms. The van der Waals surface area contributed by atoms with Gasteiger partial charge in [0.05, 0.1) is 18.9 Å². The number of esters is 1. The summed E-state index contributed by atoms with van der Waals surface area (Å²) in [5.74, 6) is -0.352. The second kappa shape index (κ2) is 6.66. The maximum Gasteiger partial charge on any atom is 0.307 e. The Morgan fingerprint density at radius 3 is 2.96 bits per heavy atom. The number of ether oxygens (including phenoxy) is 1. The Morgan fingerprint density at radius 2 is 2.17 bits per heavy atom. The Kier molecular flexibility index (Phi) is 4.41. The average Bonchev–Trinajstić information content (AvgIpc) is 2.94. The number of fused-ring (bicyclic) bond motifs is 1. The van der Waals surface area contributed by atoms with Gasteiger partial charge in [0.25, 0.3) is 5.56 Å². The number of carbonyl (C=O) groups excluding carboxylic acids is 1. The van der Waals surface area contributed by atoms with Gasteiger partial charge in [-0.25, -0.2) is 4.98 Å². The quantitative estimate of drug-likeness (QED) is 0.665. The number of aryl methyl sites for hydroxylation is 3. The summed E-state index contributed by atoms with van der Waals surface area (Å²) in [7, 11) is 1.72. The lowest BCUT2D eigenvalue weighted by molar-refractivity contribution is -0.145. The Morgan fingerprint density at radius 1 is 1.33 bits per heavy atom. The highest BCUT2D eigenvalue weighted by molar-refractivity contribution is 5.73. The number of benzene rings is 1. The van der Waals surface area contributed by atoms with Crippen LogP contribution >= 0.6 is 0 Å². The zero-order chi connectivity index (χ0) is 17.1. The number of carbonyl (C=O) groups is 1. The molecule has 0 spiro atoms. The first-order valence-electron chi connectivity index (χ1n) is 7.63. The lowest BCUT2D eigenvalue weighted by atomic mass is 10.1. The molecule has 1 aromatic carbocycles. The molecule has 0 unspecified atom stereocenters. The fourth-order valence-corrected chi connectivity index (χ4v) is 2.48. The minimum atomic E-state index is -0.352. The summed E-state index contributed by atoms with van der Waals surface area (Å²) >= 11 is 0. The van der Waals surface area contributed by atoms with Gasteiger partial charge < -0.3 is 4.74 Å². The molecule has 0 bridgehead atoms. The summed E-state index contributed by atoms with van der Waals surface area (Å²) in [4.78, 5) is 28.4. The first-order valence-corrected chi connectivity index (χ1v) is 7.63. The summed E-state index contributed by atoms with van der Waals surface area (Å²) in [5.41, 5.74) is 2.38. The van der Waals surface area contributed by atoms with Gasteiger partial charge in [-0.2, -0.15) is 5.10 Å². The van der Waals surface area contributed by atoms with Crippen LogP contribution in [0.3, 0.4) is 0 Å². The summed E-state index contributed by atoms with van der Waals surface area (Å²) in [5, 5.41) is 4.45. The van der Waals surface area contributed by atoms with Crippen LogP contribution in [-0.4, -0.2) is 25.3 Å². The minimum Gasteiger partial charge on any atom is -0.461 e.